The number of hydrogen-bond donors (Lipinski definition) is 2. The topological polar surface area (TPSA) is 82.3 Å². The van der Waals surface area contributed by atoms with Gasteiger partial charge in [-0.3, -0.25) is 5.43 Å². The first-order valence-electron chi connectivity index (χ1n) is 5.71. The standard InChI is InChI=1S/C12H11F3N4O2/c1-7-6-17-11(19-16)18-10(7)20-8-2-4-9(5-3-8)21-12(13,14)15/h2-6H,16H2,1H3,(H,17,18,19). The molecule has 0 fully saturated rings. The van der Waals surface area contributed by atoms with E-state index in [9.17, 15) is 13.2 Å². The third-order valence-corrected chi connectivity index (χ3v) is 2.33. The summed E-state index contributed by atoms with van der Waals surface area (Å²) in [5.74, 6) is 5.55. The van der Waals surface area contributed by atoms with E-state index < -0.39 is 6.36 Å². The van der Waals surface area contributed by atoms with E-state index in [0.717, 1.165) is 12.1 Å². The van der Waals surface area contributed by atoms with Crippen LogP contribution in [0.2, 0.25) is 0 Å². The lowest BCUT2D eigenvalue weighted by atomic mass is 10.3. The van der Waals surface area contributed by atoms with E-state index in [2.05, 4.69) is 20.1 Å². The fourth-order valence-electron chi connectivity index (χ4n) is 1.42. The first-order chi connectivity index (χ1) is 9.87. The van der Waals surface area contributed by atoms with Gasteiger partial charge in [0.05, 0.1) is 0 Å². The lowest BCUT2D eigenvalue weighted by molar-refractivity contribution is -0.274. The molecule has 0 atom stereocenters. The predicted octanol–water partition coefficient (Wildman–Crippen LogP) is 2.76. The van der Waals surface area contributed by atoms with Gasteiger partial charge in [-0.1, -0.05) is 0 Å². The first-order valence-corrected chi connectivity index (χ1v) is 5.71. The van der Waals surface area contributed by atoms with Crippen LogP contribution < -0.4 is 20.7 Å². The molecule has 0 aliphatic carbocycles. The summed E-state index contributed by atoms with van der Waals surface area (Å²) in [6.45, 7) is 1.72. The predicted molar refractivity (Wildman–Crippen MR) is 67.8 cm³/mol. The highest BCUT2D eigenvalue weighted by Gasteiger charge is 2.30. The van der Waals surface area contributed by atoms with Crippen LogP contribution in [0.5, 0.6) is 17.4 Å². The molecular formula is C12H11F3N4O2. The minimum Gasteiger partial charge on any atom is -0.439 e. The van der Waals surface area contributed by atoms with E-state index in [1.807, 2.05) is 0 Å². The average molecular weight is 300 g/mol. The summed E-state index contributed by atoms with van der Waals surface area (Å²) in [7, 11) is 0. The van der Waals surface area contributed by atoms with Crippen LogP contribution in [0.25, 0.3) is 0 Å². The normalized spacial score (nSPS) is 11.1. The Morgan fingerprint density at radius 1 is 1.14 bits per heavy atom. The summed E-state index contributed by atoms with van der Waals surface area (Å²) in [4.78, 5) is 7.87. The zero-order chi connectivity index (χ0) is 15.5. The van der Waals surface area contributed by atoms with Gasteiger partial charge in [0.15, 0.2) is 0 Å². The van der Waals surface area contributed by atoms with Crippen molar-refractivity contribution in [1.29, 1.82) is 0 Å². The van der Waals surface area contributed by atoms with Crippen molar-refractivity contribution >= 4 is 5.95 Å². The van der Waals surface area contributed by atoms with Crippen molar-refractivity contribution in [2.75, 3.05) is 5.43 Å². The Labute approximate surface area is 117 Å². The lowest BCUT2D eigenvalue weighted by Crippen LogP contribution is -2.16. The smallest absolute Gasteiger partial charge is 0.439 e. The van der Waals surface area contributed by atoms with Crippen LogP contribution in [-0.4, -0.2) is 16.3 Å². The number of alkyl halides is 3. The van der Waals surface area contributed by atoms with Crippen molar-refractivity contribution < 1.29 is 22.6 Å². The van der Waals surface area contributed by atoms with Crippen molar-refractivity contribution in [1.82, 2.24) is 9.97 Å². The first kappa shape index (κ1) is 14.9. The number of halogens is 3. The minimum atomic E-state index is -4.73. The summed E-state index contributed by atoms with van der Waals surface area (Å²) in [6, 6.07) is 4.94. The molecule has 1 aromatic heterocycles. The van der Waals surface area contributed by atoms with Crippen molar-refractivity contribution in [3.63, 3.8) is 0 Å². The van der Waals surface area contributed by atoms with Crippen LogP contribution in [0.1, 0.15) is 5.56 Å². The van der Waals surface area contributed by atoms with Crippen molar-refractivity contribution in [3.8, 4) is 17.4 Å². The number of hydrazine groups is 1. The van der Waals surface area contributed by atoms with Crippen LogP contribution in [0.3, 0.4) is 0 Å². The fraction of sp³-hybridized carbons (Fsp3) is 0.167. The van der Waals surface area contributed by atoms with Crippen molar-refractivity contribution in [3.05, 3.63) is 36.0 Å². The molecule has 1 heterocycles. The highest BCUT2D eigenvalue weighted by Crippen LogP contribution is 2.27. The molecule has 0 amide bonds. The molecule has 0 saturated carbocycles. The van der Waals surface area contributed by atoms with E-state index in [1.165, 1.54) is 18.3 Å². The summed E-state index contributed by atoms with van der Waals surface area (Å²) < 4.78 is 45.3. The Morgan fingerprint density at radius 3 is 2.33 bits per heavy atom. The van der Waals surface area contributed by atoms with E-state index in [1.54, 1.807) is 6.92 Å². The van der Waals surface area contributed by atoms with Gasteiger partial charge in [-0.15, -0.1) is 13.2 Å². The molecule has 0 unspecified atom stereocenters. The van der Waals surface area contributed by atoms with Gasteiger partial charge in [0.1, 0.15) is 11.5 Å². The van der Waals surface area contributed by atoms with Gasteiger partial charge < -0.3 is 9.47 Å². The zero-order valence-corrected chi connectivity index (χ0v) is 10.8. The van der Waals surface area contributed by atoms with Crippen LogP contribution in [-0.2, 0) is 0 Å². The molecule has 2 aromatic rings. The Balaban J connectivity index is 2.13. The van der Waals surface area contributed by atoms with Crippen LogP contribution in [0, 0.1) is 6.92 Å². The van der Waals surface area contributed by atoms with Gasteiger partial charge in [0.2, 0.25) is 11.8 Å². The average Bonchev–Trinajstić information content (AvgIpc) is 2.42. The molecule has 1 aromatic carbocycles. The van der Waals surface area contributed by atoms with Gasteiger partial charge in [0, 0.05) is 11.8 Å². The maximum Gasteiger partial charge on any atom is 0.573 e. The van der Waals surface area contributed by atoms with Gasteiger partial charge in [0.25, 0.3) is 0 Å². The highest BCUT2D eigenvalue weighted by atomic mass is 19.4. The quantitative estimate of drug-likeness (QED) is 0.667. The summed E-state index contributed by atoms with van der Waals surface area (Å²) in [6.07, 6.45) is -3.23. The number of anilines is 1. The molecule has 0 saturated heterocycles. The second kappa shape index (κ2) is 5.83. The third-order valence-electron chi connectivity index (χ3n) is 2.33. The molecule has 0 radical (unpaired) electrons. The number of nitrogens with two attached hydrogens (primary N) is 1. The minimum absolute atomic E-state index is 0.160. The van der Waals surface area contributed by atoms with Gasteiger partial charge in [-0.25, -0.2) is 10.8 Å². The fourth-order valence-corrected chi connectivity index (χ4v) is 1.42. The Bertz CT molecular complexity index is 617. The molecule has 0 bridgehead atoms. The molecule has 0 aliphatic rings. The molecule has 3 N–H and O–H groups in total. The van der Waals surface area contributed by atoms with Crippen LogP contribution >= 0.6 is 0 Å². The number of aryl methyl sites for hydroxylation is 1. The van der Waals surface area contributed by atoms with Crippen LogP contribution in [0.15, 0.2) is 30.5 Å². The molecule has 0 spiro atoms. The molecule has 0 aliphatic heterocycles. The Kier molecular flexibility index (Phi) is 4.13. The molecule has 6 nitrogen and oxygen atoms in total. The number of benzene rings is 1. The lowest BCUT2D eigenvalue weighted by Gasteiger charge is -2.11. The molecule has 21 heavy (non-hydrogen) atoms. The number of rotatable bonds is 4. The third kappa shape index (κ3) is 4.21. The number of nitrogens with zero attached hydrogens (tertiary/aromatic N) is 2. The molecular weight excluding hydrogens is 289 g/mol. The monoisotopic (exact) mass is 300 g/mol. The number of nitrogens with one attached hydrogen (secondary N) is 1. The second-order valence-corrected chi connectivity index (χ2v) is 3.95. The van der Waals surface area contributed by atoms with Gasteiger partial charge >= 0.3 is 6.36 Å². The summed E-state index contributed by atoms with van der Waals surface area (Å²) >= 11 is 0. The van der Waals surface area contributed by atoms with E-state index in [0.29, 0.717) is 11.3 Å². The second-order valence-electron chi connectivity index (χ2n) is 3.95. The number of ether oxygens (including phenoxy) is 2. The molecule has 9 heteroatoms. The largest absolute Gasteiger partial charge is 0.573 e. The maximum absolute atomic E-state index is 12.0. The zero-order valence-electron chi connectivity index (χ0n) is 10.8. The summed E-state index contributed by atoms with van der Waals surface area (Å²) in [5, 5.41) is 0. The number of aromatic nitrogens is 2. The summed E-state index contributed by atoms with van der Waals surface area (Å²) in [5.41, 5.74) is 2.91. The SMILES string of the molecule is Cc1cnc(NN)nc1Oc1ccc(OC(F)(F)F)cc1. The number of nitrogen functional groups attached to an aromatic ring is 1. The van der Waals surface area contributed by atoms with Crippen molar-refractivity contribution in [2.24, 2.45) is 5.84 Å². The van der Waals surface area contributed by atoms with E-state index >= 15 is 0 Å². The molecule has 112 valence electrons. The van der Waals surface area contributed by atoms with Gasteiger partial charge in [-0.05, 0) is 31.2 Å². The van der Waals surface area contributed by atoms with E-state index in [4.69, 9.17) is 10.6 Å². The van der Waals surface area contributed by atoms with E-state index in [-0.39, 0.29) is 17.6 Å². The highest BCUT2D eigenvalue weighted by molar-refractivity contribution is 5.37. The van der Waals surface area contributed by atoms with Gasteiger partial charge in [-0.2, -0.15) is 4.98 Å². The number of hydrogen-bond acceptors (Lipinski definition) is 6. The van der Waals surface area contributed by atoms with Crippen molar-refractivity contribution in [2.45, 2.75) is 13.3 Å². The van der Waals surface area contributed by atoms with Crippen LogP contribution in [0.4, 0.5) is 19.1 Å². The molecule has 2 rings (SSSR count). The Morgan fingerprint density at radius 2 is 1.76 bits per heavy atom. The Hall–Kier alpha value is -2.55. The maximum atomic E-state index is 12.0.